The molecule has 1 rings (SSSR count). The fourth-order valence-electron chi connectivity index (χ4n) is 1.57. The first-order valence-corrected chi connectivity index (χ1v) is 5.81. The van der Waals surface area contributed by atoms with Crippen molar-refractivity contribution in [2.24, 2.45) is 0 Å². The molecule has 0 fully saturated rings. The van der Waals surface area contributed by atoms with Crippen molar-refractivity contribution in [3.63, 3.8) is 0 Å². The number of aliphatic carboxylic acids is 1. The van der Waals surface area contributed by atoms with Crippen LogP contribution in [-0.2, 0) is 16.6 Å². The fourth-order valence-corrected chi connectivity index (χ4v) is 1.57. The minimum absolute atomic E-state index is 0.156. The molecule has 17 heavy (non-hydrogen) atoms. The molecule has 92 valence electrons. The van der Waals surface area contributed by atoms with E-state index in [2.05, 4.69) is 51.6 Å². The maximum Gasteiger partial charge on any atom is 0.330 e. The second-order valence-electron chi connectivity index (χ2n) is 5.36. The summed E-state index contributed by atoms with van der Waals surface area (Å²) in [6, 6.07) is 8.35. The van der Waals surface area contributed by atoms with Crippen LogP contribution < -0.4 is 0 Å². The highest BCUT2D eigenvalue weighted by Crippen LogP contribution is 2.22. The van der Waals surface area contributed by atoms with Gasteiger partial charge in [-0.1, -0.05) is 51.6 Å². The van der Waals surface area contributed by atoms with Crippen molar-refractivity contribution in [3.8, 4) is 0 Å². The van der Waals surface area contributed by atoms with E-state index in [4.69, 9.17) is 5.11 Å². The summed E-state index contributed by atoms with van der Waals surface area (Å²) >= 11 is 0. The van der Waals surface area contributed by atoms with Gasteiger partial charge in [-0.05, 0) is 29.4 Å². The van der Waals surface area contributed by atoms with Crippen molar-refractivity contribution in [3.05, 3.63) is 47.5 Å². The van der Waals surface area contributed by atoms with Crippen LogP contribution in [0.5, 0.6) is 0 Å². The lowest BCUT2D eigenvalue weighted by atomic mass is 9.86. The van der Waals surface area contributed by atoms with Gasteiger partial charge in [-0.2, -0.15) is 0 Å². The van der Waals surface area contributed by atoms with E-state index in [9.17, 15) is 4.79 Å². The number of hydrogen-bond acceptors (Lipinski definition) is 1. The zero-order valence-corrected chi connectivity index (χ0v) is 10.8. The van der Waals surface area contributed by atoms with Crippen molar-refractivity contribution in [1.82, 2.24) is 0 Å². The molecule has 0 aliphatic heterocycles. The third-order valence-electron chi connectivity index (χ3n) is 2.84. The summed E-state index contributed by atoms with van der Waals surface area (Å²) in [4.78, 5) is 10.6. The van der Waals surface area contributed by atoms with Gasteiger partial charge in [-0.15, -0.1) is 0 Å². The van der Waals surface area contributed by atoms with E-state index in [1.165, 1.54) is 5.56 Å². The van der Waals surface area contributed by atoms with Gasteiger partial charge < -0.3 is 5.11 Å². The molecule has 2 nitrogen and oxygen atoms in total. The van der Waals surface area contributed by atoms with E-state index in [-0.39, 0.29) is 11.0 Å². The zero-order valence-electron chi connectivity index (χ0n) is 10.8. The number of aryl methyl sites for hydroxylation is 1. The minimum atomic E-state index is -0.906. The summed E-state index contributed by atoms with van der Waals surface area (Å²) in [5.41, 5.74) is 2.87. The Hall–Kier alpha value is -1.57. The van der Waals surface area contributed by atoms with Crippen LogP contribution in [0, 0.1) is 0 Å². The first kappa shape index (κ1) is 13.5. The fraction of sp³-hybridized carbons (Fsp3) is 0.400. The van der Waals surface area contributed by atoms with Crippen molar-refractivity contribution < 1.29 is 9.90 Å². The Morgan fingerprint density at radius 3 is 2.18 bits per heavy atom. The Bertz CT molecular complexity index is 408. The SMILES string of the molecule is C=C(CCc1ccc(C(C)(C)C)cc1)C(=O)O. The van der Waals surface area contributed by atoms with Crippen LogP contribution in [0.3, 0.4) is 0 Å². The van der Waals surface area contributed by atoms with Gasteiger partial charge in [0.25, 0.3) is 0 Å². The molecule has 0 radical (unpaired) electrons. The molecule has 2 heteroatoms. The molecule has 0 bridgehead atoms. The molecule has 0 spiro atoms. The lowest BCUT2D eigenvalue weighted by Crippen LogP contribution is -2.10. The third kappa shape index (κ3) is 4.06. The maximum absolute atomic E-state index is 10.6. The van der Waals surface area contributed by atoms with E-state index in [1.54, 1.807) is 0 Å². The molecule has 0 amide bonds. The monoisotopic (exact) mass is 232 g/mol. The molecular formula is C15H20O2. The van der Waals surface area contributed by atoms with Gasteiger partial charge in [0, 0.05) is 5.57 Å². The number of hydrogen-bond donors (Lipinski definition) is 1. The van der Waals surface area contributed by atoms with Gasteiger partial charge in [-0.3, -0.25) is 0 Å². The average molecular weight is 232 g/mol. The smallest absolute Gasteiger partial charge is 0.330 e. The number of carboxylic acids is 1. The van der Waals surface area contributed by atoms with Crippen LogP contribution in [0.1, 0.15) is 38.3 Å². The largest absolute Gasteiger partial charge is 0.478 e. The highest BCUT2D eigenvalue weighted by molar-refractivity contribution is 5.85. The summed E-state index contributed by atoms with van der Waals surface area (Å²) in [6.07, 6.45) is 1.24. The van der Waals surface area contributed by atoms with Crippen molar-refractivity contribution in [1.29, 1.82) is 0 Å². The predicted octanol–water partition coefficient (Wildman–Crippen LogP) is 3.56. The molecule has 0 aliphatic rings. The number of benzene rings is 1. The standard InChI is InChI=1S/C15H20O2/c1-11(14(16)17)5-6-12-7-9-13(10-8-12)15(2,3)4/h7-10H,1,5-6H2,2-4H3,(H,16,17). The Balaban J connectivity index is 2.63. The van der Waals surface area contributed by atoms with Crippen LogP contribution in [0.15, 0.2) is 36.4 Å². The topological polar surface area (TPSA) is 37.3 Å². The molecule has 1 aromatic carbocycles. The molecule has 0 aliphatic carbocycles. The Kier molecular flexibility index (Phi) is 4.11. The molecule has 0 saturated heterocycles. The van der Waals surface area contributed by atoms with E-state index in [1.807, 2.05) is 0 Å². The second kappa shape index (κ2) is 5.17. The number of rotatable bonds is 4. The number of carbonyl (C=O) groups is 1. The van der Waals surface area contributed by atoms with Crippen molar-refractivity contribution in [2.75, 3.05) is 0 Å². The van der Waals surface area contributed by atoms with E-state index in [0.29, 0.717) is 6.42 Å². The van der Waals surface area contributed by atoms with Crippen LogP contribution >= 0.6 is 0 Å². The van der Waals surface area contributed by atoms with Crippen molar-refractivity contribution >= 4 is 5.97 Å². The van der Waals surface area contributed by atoms with E-state index in [0.717, 1.165) is 12.0 Å². The van der Waals surface area contributed by atoms with Crippen LogP contribution in [0.4, 0.5) is 0 Å². The molecule has 0 saturated carbocycles. The van der Waals surface area contributed by atoms with Gasteiger partial charge in [-0.25, -0.2) is 4.79 Å². The summed E-state index contributed by atoms with van der Waals surface area (Å²) in [5.74, 6) is -0.906. The van der Waals surface area contributed by atoms with Gasteiger partial charge in [0.15, 0.2) is 0 Å². The van der Waals surface area contributed by atoms with E-state index < -0.39 is 5.97 Å². The normalized spacial score (nSPS) is 11.2. The summed E-state index contributed by atoms with van der Waals surface area (Å²) in [7, 11) is 0. The highest BCUT2D eigenvalue weighted by atomic mass is 16.4. The van der Waals surface area contributed by atoms with Crippen LogP contribution in [-0.4, -0.2) is 11.1 Å². The minimum Gasteiger partial charge on any atom is -0.478 e. The third-order valence-corrected chi connectivity index (χ3v) is 2.84. The first-order valence-electron chi connectivity index (χ1n) is 5.81. The summed E-state index contributed by atoms with van der Waals surface area (Å²) < 4.78 is 0. The average Bonchev–Trinajstić information content (AvgIpc) is 2.25. The summed E-state index contributed by atoms with van der Waals surface area (Å²) in [6.45, 7) is 10.1. The quantitative estimate of drug-likeness (QED) is 0.806. The molecular weight excluding hydrogens is 212 g/mol. The molecule has 1 N–H and O–H groups in total. The molecule has 0 aromatic heterocycles. The summed E-state index contributed by atoms with van der Waals surface area (Å²) in [5, 5.41) is 8.71. The maximum atomic E-state index is 10.6. The predicted molar refractivity (Wildman–Crippen MR) is 70.2 cm³/mol. The lowest BCUT2D eigenvalue weighted by molar-refractivity contribution is -0.132. The molecule has 0 atom stereocenters. The van der Waals surface area contributed by atoms with Crippen LogP contribution in [0.25, 0.3) is 0 Å². The number of carboxylic acid groups (broad SMARTS) is 1. The van der Waals surface area contributed by atoms with Gasteiger partial charge >= 0.3 is 5.97 Å². The van der Waals surface area contributed by atoms with E-state index >= 15 is 0 Å². The zero-order chi connectivity index (χ0) is 13.1. The molecule has 0 unspecified atom stereocenters. The van der Waals surface area contributed by atoms with Gasteiger partial charge in [0.1, 0.15) is 0 Å². The lowest BCUT2D eigenvalue weighted by Gasteiger charge is -2.19. The second-order valence-corrected chi connectivity index (χ2v) is 5.36. The Morgan fingerprint density at radius 1 is 1.24 bits per heavy atom. The molecule has 0 heterocycles. The Labute approximate surface area is 103 Å². The van der Waals surface area contributed by atoms with Crippen molar-refractivity contribution in [2.45, 2.75) is 39.0 Å². The van der Waals surface area contributed by atoms with Crippen LogP contribution in [0.2, 0.25) is 0 Å². The highest BCUT2D eigenvalue weighted by Gasteiger charge is 2.12. The van der Waals surface area contributed by atoms with Gasteiger partial charge in [0.2, 0.25) is 0 Å². The molecule has 1 aromatic rings. The first-order chi connectivity index (χ1) is 7.80. The van der Waals surface area contributed by atoms with Gasteiger partial charge in [0.05, 0.1) is 0 Å². The Morgan fingerprint density at radius 2 is 1.76 bits per heavy atom.